The van der Waals surface area contributed by atoms with Crippen LogP contribution in [0.15, 0.2) is 83.7 Å². The average molecular weight is 401 g/mol. The van der Waals surface area contributed by atoms with Gasteiger partial charge in [-0.15, -0.1) is 0 Å². The summed E-state index contributed by atoms with van der Waals surface area (Å²) in [4.78, 5) is 25.7. The third-order valence-corrected chi connectivity index (χ3v) is 4.87. The molecular formula is C24H20FN3O2. The predicted molar refractivity (Wildman–Crippen MR) is 114 cm³/mol. The van der Waals surface area contributed by atoms with Crippen LogP contribution in [0, 0.1) is 5.82 Å². The number of rotatable bonds is 6. The number of aromatic nitrogens is 2. The first-order valence-corrected chi connectivity index (χ1v) is 9.68. The van der Waals surface area contributed by atoms with E-state index in [2.05, 4.69) is 10.4 Å². The summed E-state index contributed by atoms with van der Waals surface area (Å²) in [5.74, 6) is -0.644. The lowest BCUT2D eigenvalue weighted by atomic mass is 10.1. The minimum absolute atomic E-state index is 0.209. The van der Waals surface area contributed by atoms with Gasteiger partial charge in [-0.05, 0) is 35.7 Å². The Labute approximate surface area is 172 Å². The van der Waals surface area contributed by atoms with Gasteiger partial charge in [0.05, 0.1) is 11.9 Å². The molecule has 6 heteroatoms. The lowest BCUT2D eigenvalue weighted by Gasteiger charge is -2.11. The molecule has 1 amide bonds. The molecule has 1 aromatic heterocycles. The van der Waals surface area contributed by atoms with Crippen molar-refractivity contribution in [2.24, 2.45) is 0 Å². The average Bonchev–Trinajstić information content (AvgIpc) is 2.78. The Balaban J connectivity index is 1.60. The zero-order valence-corrected chi connectivity index (χ0v) is 16.2. The lowest BCUT2D eigenvalue weighted by Crippen LogP contribution is -2.32. The summed E-state index contributed by atoms with van der Waals surface area (Å²) in [7, 11) is 0. The Hall–Kier alpha value is -3.80. The van der Waals surface area contributed by atoms with Crippen LogP contribution in [0.25, 0.3) is 10.8 Å². The first kappa shape index (κ1) is 19.5. The molecule has 0 aliphatic rings. The zero-order chi connectivity index (χ0) is 20.9. The van der Waals surface area contributed by atoms with E-state index in [9.17, 15) is 14.0 Å². The van der Waals surface area contributed by atoms with Gasteiger partial charge in [0.2, 0.25) is 0 Å². The highest BCUT2D eigenvalue weighted by molar-refractivity contribution is 6.04. The number of amides is 1. The Morgan fingerprint density at radius 2 is 1.53 bits per heavy atom. The standard InChI is InChI=1S/C24H20FN3O2/c25-19-12-10-17(11-13-19)14-15-26-23(29)22-20-8-4-5-9-21(20)24(30)28(27-22)16-18-6-2-1-3-7-18/h1-13H,14-16H2,(H,26,29). The van der Waals surface area contributed by atoms with Crippen LogP contribution in [-0.2, 0) is 13.0 Å². The van der Waals surface area contributed by atoms with E-state index in [1.807, 2.05) is 30.3 Å². The third-order valence-electron chi connectivity index (χ3n) is 4.87. The second kappa shape index (κ2) is 8.69. The van der Waals surface area contributed by atoms with Crippen LogP contribution in [0.1, 0.15) is 21.6 Å². The Kier molecular flexibility index (Phi) is 5.66. The summed E-state index contributed by atoms with van der Waals surface area (Å²) in [6.45, 7) is 0.651. The monoisotopic (exact) mass is 401 g/mol. The molecule has 0 bridgehead atoms. The molecule has 0 aliphatic heterocycles. The minimum atomic E-state index is -0.352. The number of carbonyl (C=O) groups is 1. The number of carbonyl (C=O) groups excluding carboxylic acids is 1. The van der Waals surface area contributed by atoms with Gasteiger partial charge >= 0.3 is 0 Å². The van der Waals surface area contributed by atoms with Crippen LogP contribution in [0.5, 0.6) is 0 Å². The van der Waals surface area contributed by atoms with Gasteiger partial charge < -0.3 is 5.32 Å². The normalized spacial score (nSPS) is 10.8. The summed E-state index contributed by atoms with van der Waals surface area (Å²) in [5, 5.41) is 8.20. The van der Waals surface area contributed by atoms with Crippen molar-refractivity contribution in [2.75, 3.05) is 6.54 Å². The number of hydrogen-bond acceptors (Lipinski definition) is 3. The van der Waals surface area contributed by atoms with Gasteiger partial charge in [0.1, 0.15) is 5.82 Å². The van der Waals surface area contributed by atoms with E-state index in [0.717, 1.165) is 11.1 Å². The molecule has 150 valence electrons. The Morgan fingerprint density at radius 3 is 2.27 bits per heavy atom. The molecule has 4 rings (SSSR count). The first-order chi connectivity index (χ1) is 14.6. The number of hydrogen-bond donors (Lipinski definition) is 1. The highest BCUT2D eigenvalue weighted by Crippen LogP contribution is 2.14. The highest BCUT2D eigenvalue weighted by Gasteiger charge is 2.16. The van der Waals surface area contributed by atoms with Crippen LogP contribution < -0.4 is 10.9 Å². The van der Waals surface area contributed by atoms with Gasteiger partial charge in [-0.2, -0.15) is 5.10 Å². The molecule has 30 heavy (non-hydrogen) atoms. The van der Waals surface area contributed by atoms with Gasteiger partial charge in [-0.25, -0.2) is 9.07 Å². The van der Waals surface area contributed by atoms with Crippen molar-refractivity contribution in [1.82, 2.24) is 15.1 Å². The fourth-order valence-corrected chi connectivity index (χ4v) is 3.32. The number of fused-ring (bicyclic) bond motifs is 1. The molecule has 4 aromatic rings. The van der Waals surface area contributed by atoms with E-state index in [0.29, 0.717) is 23.7 Å². The molecule has 3 aromatic carbocycles. The first-order valence-electron chi connectivity index (χ1n) is 9.68. The van der Waals surface area contributed by atoms with E-state index >= 15 is 0 Å². The van der Waals surface area contributed by atoms with Crippen LogP contribution >= 0.6 is 0 Å². The number of halogens is 1. The van der Waals surface area contributed by atoms with Gasteiger partial charge in [-0.3, -0.25) is 9.59 Å². The maximum Gasteiger partial charge on any atom is 0.274 e. The van der Waals surface area contributed by atoms with E-state index < -0.39 is 0 Å². The van der Waals surface area contributed by atoms with Crippen LogP contribution in [0.3, 0.4) is 0 Å². The summed E-state index contributed by atoms with van der Waals surface area (Å²) in [6, 6.07) is 22.7. The lowest BCUT2D eigenvalue weighted by molar-refractivity contribution is 0.0948. The maximum atomic E-state index is 13.0. The van der Waals surface area contributed by atoms with E-state index in [-0.39, 0.29) is 29.5 Å². The van der Waals surface area contributed by atoms with Crippen molar-refractivity contribution < 1.29 is 9.18 Å². The molecule has 1 N–H and O–H groups in total. The SMILES string of the molecule is O=C(NCCc1ccc(F)cc1)c1nn(Cc2ccccc2)c(=O)c2ccccc12. The molecular weight excluding hydrogens is 381 g/mol. The molecule has 5 nitrogen and oxygen atoms in total. The second-order valence-electron chi connectivity index (χ2n) is 6.97. The van der Waals surface area contributed by atoms with Crippen molar-refractivity contribution in [2.45, 2.75) is 13.0 Å². The van der Waals surface area contributed by atoms with Gasteiger partial charge in [-0.1, -0.05) is 60.7 Å². The van der Waals surface area contributed by atoms with E-state index in [4.69, 9.17) is 0 Å². The minimum Gasteiger partial charge on any atom is -0.350 e. The molecule has 1 heterocycles. The quantitative estimate of drug-likeness (QED) is 0.537. The zero-order valence-electron chi connectivity index (χ0n) is 16.2. The highest BCUT2D eigenvalue weighted by atomic mass is 19.1. The predicted octanol–water partition coefficient (Wildman–Crippen LogP) is 3.56. The van der Waals surface area contributed by atoms with Gasteiger partial charge in [0.25, 0.3) is 11.5 Å². The molecule has 0 radical (unpaired) electrons. The summed E-state index contributed by atoms with van der Waals surface area (Å²) in [6.07, 6.45) is 0.563. The number of nitrogens with one attached hydrogen (secondary N) is 1. The third kappa shape index (κ3) is 4.27. The van der Waals surface area contributed by atoms with Crippen molar-refractivity contribution >= 4 is 16.7 Å². The van der Waals surface area contributed by atoms with E-state index in [1.54, 1.807) is 36.4 Å². The molecule has 0 spiro atoms. The summed E-state index contributed by atoms with van der Waals surface area (Å²) < 4.78 is 14.4. The number of benzene rings is 3. The van der Waals surface area contributed by atoms with Crippen molar-refractivity contribution in [1.29, 1.82) is 0 Å². The largest absolute Gasteiger partial charge is 0.350 e. The molecule has 0 aliphatic carbocycles. The van der Waals surface area contributed by atoms with Crippen molar-refractivity contribution in [3.05, 3.63) is 112 Å². The fraction of sp³-hybridized carbons (Fsp3) is 0.125. The topological polar surface area (TPSA) is 64.0 Å². The second-order valence-corrected chi connectivity index (χ2v) is 6.97. The van der Waals surface area contributed by atoms with Crippen LogP contribution in [0.2, 0.25) is 0 Å². The maximum absolute atomic E-state index is 13.0. The Bertz CT molecular complexity index is 1240. The van der Waals surface area contributed by atoms with Crippen molar-refractivity contribution in [3.8, 4) is 0 Å². The molecule has 0 fully saturated rings. The van der Waals surface area contributed by atoms with Crippen LogP contribution in [0.4, 0.5) is 4.39 Å². The smallest absolute Gasteiger partial charge is 0.274 e. The fourth-order valence-electron chi connectivity index (χ4n) is 3.32. The van der Waals surface area contributed by atoms with Crippen LogP contribution in [-0.4, -0.2) is 22.2 Å². The summed E-state index contributed by atoms with van der Waals surface area (Å²) >= 11 is 0. The molecule has 0 saturated carbocycles. The molecule has 0 unspecified atom stereocenters. The molecule has 0 saturated heterocycles. The Morgan fingerprint density at radius 1 is 0.867 bits per heavy atom. The summed E-state index contributed by atoms with van der Waals surface area (Å²) in [5.41, 5.74) is 1.81. The van der Waals surface area contributed by atoms with Crippen molar-refractivity contribution in [3.63, 3.8) is 0 Å². The van der Waals surface area contributed by atoms with Gasteiger partial charge in [0.15, 0.2) is 5.69 Å². The number of nitrogens with zero attached hydrogens (tertiary/aromatic N) is 2. The molecule has 0 atom stereocenters. The van der Waals surface area contributed by atoms with E-state index in [1.165, 1.54) is 16.8 Å². The van der Waals surface area contributed by atoms with Gasteiger partial charge in [0, 0.05) is 11.9 Å².